The average Bonchev–Trinajstić information content (AvgIpc) is 2.75. The first-order valence-corrected chi connectivity index (χ1v) is 5.15. The van der Waals surface area contributed by atoms with E-state index >= 15 is 0 Å². The van der Waals surface area contributed by atoms with Crippen LogP contribution >= 0.6 is 0 Å². The van der Waals surface area contributed by atoms with E-state index in [2.05, 4.69) is 10.2 Å². The van der Waals surface area contributed by atoms with Gasteiger partial charge in [0, 0.05) is 6.54 Å². The molecule has 2 aromatic rings. The first-order chi connectivity index (χ1) is 7.81. The molecular formula is C11H14N4O. The molecule has 0 saturated heterocycles. The monoisotopic (exact) mass is 218 g/mol. The molecule has 0 aliphatic rings. The molecule has 0 atom stereocenters. The first-order valence-electron chi connectivity index (χ1n) is 5.15. The first kappa shape index (κ1) is 10.5. The van der Waals surface area contributed by atoms with E-state index in [0.29, 0.717) is 18.0 Å². The molecule has 1 aromatic heterocycles. The normalized spacial score (nSPS) is 10.3. The number of aryl methyl sites for hydroxylation is 1. The second kappa shape index (κ2) is 4.65. The molecule has 0 amide bonds. The van der Waals surface area contributed by atoms with E-state index in [4.69, 9.17) is 10.5 Å². The van der Waals surface area contributed by atoms with Crippen molar-refractivity contribution < 1.29 is 4.74 Å². The van der Waals surface area contributed by atoms with Gasteiger partial charge in [0.05, 0.1) is 5.69 Å². The van der Waals surface area contributed by atoms with Gasteiger partial charge >= 0.3 is 0 Å². The van der Waals surface area contributed by atoms with Gasteiger partial charge in [0.25, 0.3) is 0 Å². The SMILES string of the molecule is CCn1cnnc1COc1ccccc1N. The number of nitrogen functional groups attached to an aromatic ring is 1. The predicted molar refractivity (Wildman–Crippen MR) is 60.9 cm³/mol. The molecule has 2 N–H and O–H groups in total. The van der Waals surface area contributed by atoms with Crippen LogP contribution in [0.15, 0.2) is 30.6 Å². The molecule has 5 nitrogen and oxygen atoms in total. The quantitative estimate of drug-likeness (QED) is 0.789. The highest BCUT2D eigenvalue weighted by molar-refractivity contribution is 5.51. The van der Waals surface area contributed by atoms with E-state index in [-0.39, 0.29) is 0 Å². The van der Waals surface area contributed by atoms with Crippen molar-refractivity contribution in [1.29, 1.82) is 0 Å². The van der Waals surface area contributed by atoms with Gasteiger partial charge in [0.15, 0.2) is 5.82 Å². The second-order valence-corrected chi connectivity index (χ2v) is 3.36. The number of anilines is 1. The molecule has 1 aromatic carbocycles. The van der Waals surface area contributed by atoms with Crippen molar-refractivity contribution in [2.24, 2.45) is 0 Å². The maximum Gasteiger partial charge on any atom is 0.170 e. The molecule has 5 heteroatoms. The summed E-state index contributed by atoms with van der Waals surface area (Å²) in [4.78, 5) is 0. The summed E-state index contributed by atoms with van der Waals surface area (Å²) >= 11 is 0. The Morgan fingerprint density at radius 2 is 2.19 bits per heavy atom. The lowest BCUT2D eigenvalue weighted by atomic mass is 10.3. The third-order valence-electron chi connectivity index (χ3n) is 2.31. The van der Waals surface area contributed by atoms with E-state index < -0.39 is 0 Å². The van der Waals surface area contributed by atoms with E-state index in [1.54, 1.807) is 12.4 Å². The number of ether oxygens (including phenoxy) is 1. The van der Waals surface area contributed by atoms with Crippen LogP contribution in [0.1, 0.15) is 12.7 Å². The standard InChI is InChI=1S/C11H14N4O/c1-2-15-8-13-14-11(15)7-16-10-6-4-3-5-9(10)12/h3-6,8H,2,7,12H2,1H3. The van der Waals surface area contributed by atoms with Crippen LogP contribution in [0.25, 0.3) is 0 Å². The fourth-order valence-electron chi connectivity index (χ4n) is 1.41. The summed E-state index contributed by atoms with van der Waals surface area (Å²) in [5.41, 5.74) is 6.39. The molecule has 1 heterocycles. The molecule has 84 valence electrons. The smallest absolute Gasteiger partial charge is 0.170 e. The fourth-order valence-corrected chi connectivity index (χ4v) is 1.41. The number of nitrogens with two attached hydrogens (primary N) is 1. The largest absolute Gasteiger partial charge is 0.483 e. The highest BCUT2D eigenvalue weighted by atomic mass is 16.5. The predicted octanol–water partition coefficient (Wildman–Crippen LogP) is 1.46. The zero-order valence-corrected chi connectivity index (χ0v) is 9.13. The summed E-state index contributed by atoms with van der Waals surface area (Å²) in [5, 5.41) is 7.81. The summed E-state index contributed by atoms with van der Waals surface area (Å²) in [6.07, 6.45) is 1.69. The molecule has 0 radical (unpaired) electrons. The topological polar surface area (TPSA) is 66.0 Å². The van der Waals surface area contributed by atoms with Gasteiger partial charge in [-0.15, -0.1) is 10.2 Å². The highest BCUT2D eigenvalue weighted by Crippen LogP contribution is 2.20. The van der Waals surface area contributed by atoms with E-state index in [0.717, 1.165) is 12.4 Å². The van der Waals surface area contributed by atoms with Crippen molar-refractivity contribution >= 4 is 5.69 Å². The molecule has 0 unspecified atom stereocenters. The van der Waals surface area contributed by atoms with Crippen molar-refractivity contribution in [3.63, 3.8) is 0 Å². The van der Waals surface area contributed by atoms with Crippen LogP contribution in [0.4, 0.5) is 5.69 Å². The van der Waals surface area contributed by atoms with Crippen molar-refractivity contribution in [2.45, 2.75) is 20.1 Å². The minimum absolute atomic E-state index is 0.377. The van der Waals surface area contributed by atoms with E-state index in [1.807, 2.05) is 29.7 Å². The minimum atomic E-state index is 0.377. The fraction of sp³-hybridized carbons (Fsp3) is 0.273. The third-order valence-corrected chi connectivity index (χ3v) is 2.31. The van der Waals surface area contributed by atoms with Crippen LogP contribution < -0.4 is 10.5 Å². The number of rotatable bonds is 4. The van der Waals surface area contributed by atoms with Crippen molar-refractivity contribution in [1.82, 2.24) is 14.8 Å². The third kappa shape index (κ3) is 2.13. The van der Waals surface area contributed by atoms with Crippen molar-refractivity contribution in [2.75, 3.05) is 5.73 Å². The van der Waals surface area contributed by atoms with Crippen LogP contribution in [-0.2, 0) is 13.2 Å². The van der Waals surface area contributed by atoms with E-state index in [9.17, 15) is 0 Å². The zero-order valence-electron chi connectivity index (χ0n) is 9.13. The molecule has 0 fully saturated rings. The van der Waals surface area contributed by atoms with Gasteiger partial charge in [-0.2, -0.15) is 0 Å². The van der Waals surface area contributed by atoms with Gasteiger partial charge < -0.3 is 15.0 Å². The Morgan fingerprint density at radius 3 is 2.94 bits per heavy atom. The van der Waals surface area contributed by atoms with Crippen LogP contribution in [0.2, 0.25) is 0 Å². The van der Waals surface area contributed by atoms with Gasteiger partial charge in [0.2, 0.25) is 0 Å². The molecule has 16 heavy (non-hydrogen) atoms. The van der Waals surface area contributed by atoms with Crippen molar-refractivity contribution in [3.8, 4) is 5.75 Å². The van der Waals surface area contributed by atoms with Gasteiger partial charge in [-0.25, -0.2) is 0 Å². The average molecular weight is 218 g/mol. The molecular weight excluding hydrogens is 204 g/mol. The maximum absolute atomic E-state index is 5.76. The Morgan fingerprint density at radius 1 is 1.38 bits per heavy atom. The van der Waals surface area contributed by atoms with Crippen molar-refractivity contribution in [3.05, 3.63) is 36.4 Å². The zero-order chi connectivity index (χ0) is 11.4. The summed E-state index contributed by atoms with van der Waals surface area (Å²) in [6.45, 7) is 3.24. The summed E-state index contributed by atoms with van der Waals surface area (Å²) < 4.78 is 7.51. The molecule has 0 aliphatic carbocycles. The lowest BCUT2D eigenvalue weighted by molar-refractivity contribution is 0.291. The lowest BCUT2D eigenvalue weighted by Gasteiger charge is -2.08. The number of hydrogen-bond donors (Lipinski definition) is 1. The van der Waals surface area contributed by atoms with Gasteiger partial charge in [-0.3, -0.25) is 0 Å². The Labute approximate surface area is 93.9 Å². The summed E-state index contributed by atoms with van der Waals surface area (Å²) in [7, 11) is 0. The number of para-hydroxylation sites is 2. The van der Waals surface area contributed by atoms with E-state index in [1.165, 1.54) is 0 Å². The Hall–Kier alpha value is -2.04. The number of benzene rings is 1. The van der Waals surface area contributed by atoms with Gasteiger partial charge in [-0.05, 0) is 19.1 Å². The van der Waals surface area contributed by atoms with Crippen LogP contribution in [0.5, 0.6) is 5.75 Å². The molecule has 0 saturated carbocycles. The van der Waals surface area contributed by atoms with Crippen LogP contribution in [0.3, 0.4) is 0 Å². The number of nitrogens with zero attached hydrogens (tertiary/aromatic N) is 3. The maximum atomic E-state index is 5.76. The molecule has 0 bridgehead atoms. The number of aromatic nitrogens is 3. The molecule has 0 aliphatic heterocycles. The van der Waals surface area contributed by atoms with Gasteiger partial charge in [0.1, 0.15) is 18.7 Å². The second-order valence-electron chi connectivity index (χ2n) is 3.36. The minimum Gasteiger partial charge on any atom is -0.483 e. The summed E-state index contributed by atoms with van der Waals surface area (Å²) in [5.74, 6) is 1.47. The van der Waals surface area contributed by atoms with Gasteiger partial charge in [-0.1, -0.05) is 12.1 Å². The van der Waals surface area contributed by atoms with Crippen LogP contribution in [0, 0.1) is 0 Å². The molecule has 0 spiro atoms. The lowest BCUT2D eigenvalue weighted by Crippen LogP contribution is -2.06. The Kier molecular flexibility index (Phi) is 3.05. The molecule has 2 rings (SSSR count). The number of hydrogen-bond acceptors (Lipinski definition) is 4. The summed E-state index contributed by atoms with van der Waals surface area (Å²) in [6, 6.07) is 7.40. The Balaban J connectivity index is 2.05. The van der Waals surface area contributed by atoms with Crippen LogP contribution in [-0.4, -0.2) is 14.8 Å². The Bertz CT molecular complexity index is 467. The highest BCUT2D eigenvalue weighted by Gasteiger charge is 2.04.